The fourth-order valence-electron chi connectivity index (χ4n) is 2.83. The van der Waals surface area contributed by atoms with Crippen molar-refractivity contribution in [3.05, 3.63) is 74.8 Å². The first kappa shape index (κ1) is 14.3. The molecule has 0 heterocycles. The number of rotatable bonds is 3. The first-order valence-corrected chi connectivity index (χ1v) is 7.10. The second-order valence-electron chi connectivity index (χ2n) is 5.39. The van der Waals surface area contributed by atoms with Crippen LogP contribution in [0.15, 0.2) is 42.5 Å². The molecule has 3 rings (SSSR count). The van der Waals surface area contributed by atoms with Crippen LogP contribution in [0.3, 0.4) is 0 Å². The lowest BCUT2D eigenvalue weighted by Gasteiger charge is -2.13. The maximum absolute atomic E-state index is 12.3. The van der Waals surface area contributed by atoms with Crippen LogP contribution in [0, 0.1) is 17.0 Å². The predicted octanol–water partition coefficient (Wildman–Crippen LogP) is 3.75. The maximum atomic E-state index is 12.3. The molecule has 5 heteroatoms. The zero-order valence-corrected chi connectivity index (χ0v) is 12.1. The van der Waals surface area contributed by atoms with Crippen molar-refractivity contribution in [1.82, 2.24) is 0 Å². The van der Waals surface area contributed by atoms with Crippen molar-refractivity contribution < 1.29 is 14.5 Å². The monoisotopic (exact) mass is 297 g/mol. The summed E-state index contributed by atoms with van der Waals surface area (Å²) in [7, 11) is 0. The van der Waals surface area contributed by atoms with Crippen LogP contribution < -0.4 is 0 Å². The smallest absolute Gasteiger partial charge is 0.338 e. The zero-order chi connectivity index (χ0) is 15.7. The number of fused-ring (bicyclic) bond motifs is 1. The number of nitro benzene ring substituents is 1. The highest BCUT2D eigenvalue weighted by molar-refractivity contribution is 5.90. The number of carbonyl (C=O) groups excluding carboxylic acids is 1. The molecule has 1 atom stereocenters. The Labute approximate surface area is 127 Å². The number of nitro groups is 1. The summed E-state index contributed by atoms with van der Waals surface area (Å²) in [6.07, 6.45) is 1.43. The zero-order valence-electron chi connectivity index (χ0n) is 12.1. The number of hydrogen-bond donors (Lipinski definition) is 0. The molecule has 0 radical (unpaired) electrons. The summed E-state index contributed by atoms with van der Waals surface area (Å²) in [4.78, 5) is 22.6. The Morgan fingerprint density at radius 1 is 1.27 bits per heavy atom. The molecule has 0 bridgehead atoms. The summed E-state index contributed by atoms with van der Waals surface area (Å²) in [5, 5.41) is 10.8. The number of benzene rings is 2. The summed E-state index contributed by atoms with van der Waals surface area (Å²) in [5.74, 6) is -0.445. The van der Waals surface area contributed by atoms with Gasteiger partial charge in [-0.3, -0.25) is 10.1 Å². The molecule has 0 spiro atoms. The molecule has 0 saturated heterocycles. The molecule has 0 aliphatic heterocycles. The van der Waals surface area contributed by atoms with E-state index in [-0.39, 0.29) is 11.8 Å². The van der Waals surface area contributed by atoms with Crippen LogP contribution in [0.5, 0.6) is 0 Å². The van der Waals surface area contributed by atoms with E-state index in [9.17, 15) is 14.9 Å². The van der Waals surface area contributed by atoms with Gasteiger partial charge in [0.1, 0.15) is 6.10 Å². The van der Waals surface area contributed by atoms with Crippen LogP contribution in [0.1, 0.15) is 39.6 Å². The van der Waals surface area contributed by atoms with Crippen molar-refractivity contribution >= 4 is 11.7 Å². The van der Waals surface area contributed by atoms with Crippen LogP contribution in [0.2, 0.25) is 0 Å². The quantitative estimate of drug-likeness (QED) is 0.491. The van der Waals surface area contributed by atoms with Gasteiger partial charge in [-0.25, -0.2) is 4.79 Å². The predicted molar refractivity (Wildman–Crippen MR) is 80.8 cm³/mol. The first-order chi connectivity index (χ1) is 10.6. The molecule has 0 saturated carbocycles. The van der Waals surface area contributed by atoms with Gasteiger partial charge in [-0.2, -0.15) is 0 Å². The molecule has 2 aromatic carbocycles. The van der Waals surface area contributed by atoms with Gasteiger partial charge in [-0.1, -0.05) is 24.3 Å². The van der Waals surface area contributed by atoms with Crippen molar-refractivity contribution in [1.29, 1.82) is 0 Å². The largest absolute Gasteiger partial charge is 0.454 e. The average Bonchev–Trinajstić information content (AvgIpc) is 2.90. The Hall–Kier alpha value is -2.69. The standard InChI is InChI=1S/C17H15NO4/c1-11-10-13(6-8-15(11)18(20)21)17(19)22-16-9-7-12-4-2-3-5-14(12)16/h2-6,8,10,16H,7,9H2,1H3. The molecule has 5 nitrogen and oxygen atoms in total. The Kier molecular flexibility index (Phi) is 3.63. The highest BCUT2D eigenvalue weighted by Crippen LogP contribution is 2.34. The normalized spacial score (nSPS) is 16.1. The molecule has 112 valence electrons. The van der Waals surface area contributed by atoms with E-state index in [1.165, 1.54) is 23.8 Å². The van der Waals surface area contributed by atoms with Crippen molar-refractivity contribution in [2.24, 2.45) is 0 Å². The van der Waals surface area contributed by atoms with Gasteiger partial charge >= 0.3 is 5.97 Å². The van der Waals surface area contributed by atoms with Gasteiger partial charge in [-0.15, -0.1) is 0 Å². The Balaban J connectivity index is 1.79. The third kappa shape index (κ3) is 2.57. The minimum atomic E-state index is -0.461. The molecular weight excluding hydrogens is 282 g/mol. The van der Waals surface area contributed by atoms with E-state index < -0.39 is 10.9 Å². The first-order valence-electron chi connectivity index (χ1n) is 7.10. The molecule has 0 N–H and O–H groups in total. The van der Waals surface area contributed by atoms with Crippen LogP contribution in [-0.4, -0.2) is 10.9 Å². The Morgan fingerprint density at radius 2 is 2.05 bits per heavy atom. The lowest BCUT2D eigenvalue weighted by molar-refractivity contribution is -0.385. The summed E-state index contributed by atoms with van der Waals surface area (Å²) in [5.41, 5.74) is 3.05. The van der Waals surface area contributed by atoms with Gasteiger partial charge in [0, 0.05) is 11.6 Å². The highest BCUT2D eigenvalue weighted by atomic mass is 16.6. The van der Waals surface area contributed by atoms with Crippen LogP contribution in [0.4, 0.5) is 5.69 Å². The second kappa shape index (κ2) is 5.60. The minimum absolute atomic E-state index is 0.00256. The molecule has 0 aromatic heterocycles. The third-order valence-electron chi connectivity index (χ3n) is 3.96. The van der Waals surface area contributed by atoms with Crippen molar-refractivity contribution in [2.75, 3.05) is 0 Å². The van der Waals surface area contributed by atoms with Crippen molar-refractivity contribution in [3.8, 4) is 0 Å². The topological polar surface area (TPSA) is 69.4 Å². The van der Waals surface area contributed by atoms with Crippen molar-refractivity contribution in [2.45, 2.75) is 25.9 Å². The number of esters is 1. The number of nitrogens with zero attached hydrogens (tertiary/aromatic N) is 1. The molecule has 22 heavy (non-hydrogen) atoms. The summed E-state index contributed by atoms with van der Waals surface area (Å²) >= 11 is 0. The fraction of sp³-hybridized carbons (Fsp3) is 0.235. The molecule has 1 aliphatic carbocycles. The number of aryl methyl sites for hydroxylation is 2. The van der Waals surface area contributed by atoms with Gasteiger partial charge in [0.15, 0.2) is 0 Å². The van der Waals surface area contributed by atoms with E-state index in [0.29, 0.717) is 11.1 Å². The van der Waals surface area contributed by atoms with Gasteiger partial charge in [0.05, 0.1) is 10.5 Å². The van der Waals surface area contributed by atoms with E-state index in [0.717, 1.165) is 18.4 Å². The maximum Gasteiger partial charge on any atom is 0.338 e. The summed E-state index contributed by atoms with van der Waals surface area (Å²) in [6, 6.07) is 12.2. The van der Waals surface area contributed by atoms with Crippen LogP contribution in [0.25, 0.3) is 0 Å². The molecule has 0 fully saturated rings. The summed E-state index contributed by atoms with van der Waals surface area (Å²) < 4.78 is 5.57. The van der Waals surface area contributed by atoms with E-state index in [1.54, 1.807) is 6.92 Å². The van der Waals surface area contributed by atoms with E-state index in [4.69, 9.17) is 4.74 Å². The lowest BCUT2D eigenvalue weighted by atomic mass is 10.1. The molecule has 1 unspecified atom stereocenters. The van der Waals surface area contributed by atoms with Crippen LogP contribution >= 0.6 is 0 Å². The number of ether oxygens (including phenoxy) is 1. The second-order valence-corrected chi connectivity index (χ2v) is 5.39. The number of hydrogen-bond acceptors (Lipinski definition) is 4. The molecular formula is C17H15NO4. The Bertz CT molecular complexity index is 754. The van der Waals surface area contributed by atoms with Gasteiger partial charge < -0.3 is 4.74 Å². The van der Waals surface area contributed by atoms with E-state index in [1.807, 2.05) is 24.3 Å². The lowest BCUT2D eigenvalue weighted by Crippen LogP contribution is -2.10. The van der Waals surface area contributed by atoms with Crippen LogP contribution in [-0.2, 0) is 11.2 Å². The van der Waals surface area contributed by atoms with Gasteiger partial charge in [-0.05, 0) is 43.0 Å². The summed E-state index contributed by atoms with van der Waals surface area (Å²) in [6.45, 7) is 1.61. The van der Waals surface area contributed by atoms with Crippen molar-refractivity contribution in [3.63, 3.8) is 0 Å². The highest BCUT2D eigenvalue weighted by Gasteiger charge is 2.26. The van der Waals surface area contributed by atoms with Gasteiger partial charge in [0.2, 0.25) is 0 Å². The molecule has 0 amide bonds. The average molecular weight is 297 g/mol. The van der Waals surface area contributed by atoms with Gasteiger partial charge in [0.25, 0.3) is 5.69 Å². The molecule has 2 aromatic rings. The SMILES string of the molecule is Cc1cc(C(=O)OC2CCc3ccccc32)ccc1[N+](=O)[O-]. The third-order valence-corrected chi connectivity index (χ3v) is 3.96. The van der Waals surface area contributed by atoms with E-state index in [2.05, 4.69) is 0 Å². The minimum Gasteiger partial charge on any atom is -0.454 e. The molecule has 1 aliphatic rings. The fourth-order valence-corrected chi connectivity index (χ4v) is 2.83. The Morgan fingerprint density at radius 3 is 2.77 bits per heavy atom. The van der Waals surface area contributed by atoms with E-state index >= 15 is 0 Å². The number of carbonyl (C=O) groups is 1.